The maximum Gasteiger partial charge on any atom is 0.0129 e. The van der Waals surface area contributed by atoms with Gasteiger partial charge in [0, 0.05) is 18.3 Å². The summed E-state index contributed by atoms with van der Waals surface area (Å²) in [5.41, 5.74) is 1.11. The van der Waals surface area contributed by atoms with Crippen LogP contribution in [0.2, 0.25) is 0 Å². The van der Waals surface area contributed by atoms with Crippen molar-refractivity contribution >= 4 is 11.8 Å². The molecule has 2 aliphatic rings. The summed E-state index contributed by atoms with van der Waals surface area (Å²) in [6.07, 6.45) is 6.50. The van der Waals surface area contributed by atoms with Gasteiger partial charge in [-0.3, -0.25) is 0 Å². The van der Waals surface area contributed by atoms with Gasteiger partial charge in [0.05, 0.1) is 0 Å². The molecule has 0 aromatic rings. The van der Waals surface area contributed by atoms with Crippen molar-refractivity contribution in [1.82, 2.24) is 5.32 Å². The largest absolute Gasteiger partial charge is 0.313 e. The fourth-order valence-corrected chi connectivity index (χ4v) is 4.17. The van der Waals surface area contributed by atoms with Gasteiger partial charge in [-0.2, -0.15) is 11.8 Å². The first-order chi connectivity index (χ1) is 7.02. The van der Waals surface area contributed by atoms with Crippen LogP contribution in [0.25, 0.3) is 0 Å². The topological polar surface area (TPSA) is 12.0 Å². The summed E-state index contributed by atoms with van der Waals surface area (Å²) in [6.45, 7) is 8.67. The summed E-state index contributed by atoms with van der Waals surface area (Å²) in [4.78, 5) is 0. The molecule has 2 heteroatoms. The van der Waals surface area contributed by atoms with Gasteiger partial charge >= 0.3 is 0 Å². The quantitative estimate of drug-likeness (QED) is 0.741. The zero-order valence-corrected chi connectivity index (χ0v) is 11.4. The van der Waals surface area contributed by atoms with Crippen molar-refractivity contribution < 1.29 is 0 Å². The van der Waals surface area contributed by atoms with Crippen molar-refractivity contribution in [3.05, 3.63) is 0 Å². The second-order valence-corrected chi connectivity index (χ2v) is 7.10. The normalized spacial score (nSPS) is 42.4. The standard InChI is InChI=1S/C13H25NS/c1-12(2)10-5-6-13(12,3)11(9-10)14-7-8-15-4/h10-11,14H,5-9H2,1-4H3. The van der Waals surface area contributed by atoms with E-state index in [4.69, 9.17) is 0 Å². The molecule has 0 amide bonds. The maximum atomic E-state index is 3.79. The van der Waals surface area contributed by atoms with Crippen LogP contribution in [-0.2, 0) is 0 Å². The third-order valence-electron chi connectivity index (χ3n) is 5.49. The maximum absolute atomic E-state index is 3.79. The summed E-state index contributed by atoms with van der Waals surface area (Å²) >= 11 is 1.94. The summed E-state index contributed by atoms with van der Waals surface area (Å²) in [5.74, 6) is 2.21. The minimum Gasteiger partial charge on any atom is -0.313 e. The first kappa shape index (κ1) is 11.8. The van der Waals surface area contributed by atoms with Crippen LogP contribution in [0.1, 0.15) is 40.0 Å². The monoisotopic (exact) mass is 227 g/mol. The lowest BCUT2D eigenvalue weighted by atomic mass is 9.69. The molecule has 0 aliphatic heterocycles. The van der Waals surface area contributed by atoms with E-state index in [0.29, 0.717) is 10.8 Å². The summed E-state index contributed by atoms with van der Waals surface area (Å²) in [5, 5.41) is 3.79. The Morgan fingerprint density at radius 3 is 2.53 bits per heavy atom. The SMILES string of the molecule is CSCCNC1CC2CCC1(C)C2(C)C. The van der Waals surface area contributed by atoms with Gasteiger partial charge in [-0.15, -0.1) is 0 Å². The van der Waals surface area contributed by atoms with Crippen molar-refractivity contribution in [2.75, 3.05) is 18.6 Å². The van der Waals surface area contributed by atoms with Gasteiger partial charge in [0.2, 0.25) is 0 Å². The molecular weight excluding hydrogens is 202 g/mol. The Morgan fingerprint density at radius 1 is 1.33 bits per heavy atom. The Morgan fingerprint density at radius 2 is 2.07 bits per heavy atom. The molecule has 2 aliphatic carbocycles. The number of thioether (sulfide) groups is 1. The fraction of sp³-hybridized carbons (Fsp3) is 1.00. The van der Waals surface area contributed by atoms with Gasteiger partial charge in [0.15, 0.2) is 0 Å². The number of fused-ring (bicyclic) bond motifs is 2. The van der Waals surface area contributed by atoms with E-state index in [-0.39, 0.29) is 0 Å². The highest BCUT2D eigenvalue weighted by molar-refractivity contribution is 7.98. The minimum atomic E-state index is 0.552. The molecular formula is C13H25NS. The van der Waals surface area contributed by atoms with Crippen molar-refractivity contribution in [3.63, 3.8) is 0 Å². The van der Waals surface area contributed by atoms with Crippen LogP contribution < -0.4 is 5.32 Å². The molecule has 2 bridgehead atoms. The van der Waals surface area contributed by atoms with Gasteiger partial charge < -0.3 is 5.32 Å². The summed E-state index contributed by atoms with van der Waals surface area (Å²) in [6, 6.07) is 0.776. The van der Waals surface area contributed by atoms with Gasteiger partial charge in [-0.25, -0.2) is 0 Å². The third kappa shape index (κ3) is 1.64. The van der Waals surface area contributed by atoms with Crippen molar-refractivity contribution in [3.8, 4) is 0 Å². The van der Waals surface area contributed by atoms with E-state index < -0.39 is 0 Å². The zero-order valence-electron chi connectivity index (χ0n) is 10.6. The fourth-order valence-electron chi connectivity index (χ4n) is 3.85. The number of nitrogens with one attached hydrogen (secondary N) is 1. The van der Waals surface area contributed by atoms with E-state index in [1.807, 2.05) is 11.8 Å². The first-order valence-electron chi connectivity index (χ1n) is 6.24. The second kappa shape index (κ2) is 3.96. The van der Waals surface area contributed by atoms with Crippen LogP contribution in [0.5, 0.6) is 0 Å². The lowest BCUT2D eigenvalue weighted by Gasteiger charge is -2.39. The molecule has 2 fully saturated rings. The average Bonchev–Trinajstić information content (AvgIpc) is 2.51. The van der Waals surface area contributed by atoms with E-state index >= 15 is 0 Å². The Hall–Kier alpha value is 0.310. The van der Waals surface area contributed by atoms with Crippen molar-refractivity contribution in [2.45, 2.75) is 46.1 Å². The van der Waals surface area contributed by atoms with E-state index in [1.54, 1.807) is 0 Å². The average molecular weight is 227 g/mol. The number of hydrogen-bond acceptors (Lipinski definition) is 2. The van der Waals surface area contributed by atoms with Crippen LogP contribution in [0.3, 0.4) is 0 Å². The summed E-state index contributed by atoms with van der Waals surface area (Å²) < 4.78 is 0. The molecule has 2 saturated carbocycles. The molecule has 0 radical (unpaired) electrons. The van der Waals surface area contributed by atoms with Crippen LogP contribution in [-0.4, -0.2) is 24.6 Å². The lowest BCUT2D eigenvalue weighted by Crippen LogP contribution is -2.45. The molecule has 0 heterocycles. The van der Waals surface area contributed by atoms with E-state index in [9.17, 15) is 0 Å². The van der Waals surface area contributed by atoms with Gasteiger partial charge in [0.25, 0.3) is 0 Å². The van der Waals surface area contributed by atoms with Crippen LogP contribution in [0.15, 0.2) is 0 Å². The molecule has 0 saturated heterocycles. The van der Waals surface area contributed by atoms with Crippen molar-refractivity contribution in [2.24, 2.45) is 16.7 Å². The van der Waals surface area contributed by atoms with E-state index in [2.05, 4.69) is 32.3 Å². The molecule has 1 N–H and O–H groups in total. The predicted molar refractivity (Wildman–Crippen MR) is 69.4 cm³/mol. The lowest BCUT2D eigenvalue weighted by molar-refractivity contribution is 0.122. The molecule has 2 rings (SSSR count). The third-order valence-corrected chi connectivity index (χ3v) is 6.10. The molecule has 3 atom stereocenters. The summed E-state index contributed by atoms with van der Waals surface area (Å²) in [7, 11) is 0. The van der Waals surface area contributed by atoms with Gasteiger partial charge in [-0.1, -0.05) is 20.8 Å². The van der Waals surface area contributed by atoms with Gasteiger partial charge in [-0.05, 0) is 42.3 Å². The Bertz CT molecular complexity index is 239. The highest BCUT2D eigenvalue weighted by atomic mass is 32.2. The molecule has 88 valence electrons. The molecule has 1 nitrogen and oxygen atoms in total. The molecule has 3 unspecified atom stereocenters. The number of hydrogen-bond donors (Lipinski definition) is 1. The number of rotatable bonds is 4. The second-order valence-electron chi connectivity index (χ2n) is 6.11. The smallest absolute Gasteiger partial charge is 0.0129 e. The Balaban J connectivity index is 1.99. The first-order valence-corrected chi connectivity index (χ1v) is 7.64. The van der Waals surface area contributed by atoms with Crippen LogP contribution in [0.4, 0.5) is 0 Å². The van der Waals surface area contributed by atoms with Gasteiger partial charge in [0.1, 0.15) is 0 Å². The Labute approximate surface area is 98.8 Å². The van der Waals surface area contributed by atoms with Crippen LogP contribution in [0, 0.1) is 16.7 Å². The molecule has 15 heavy (non-hydrogen) atoms. The van der Waals surface area contributed by atoms with Crippen LogP contribution >= 0.6 is 11.8 Å². The highest BCUT2D eigenvalue weighted by Gasteiger charge is 2.60. The predicted octanol–water partition coefficient (Wildman–Crippen LogP) is 3.15. The van der Waals surface area contributed by atoms with E-state index in [1.165, 1.54) is 31.6 Å². The molecule has 0 spiro atoms. The van der Waals surface area contributed by atoms with Crippen molar-refractivity contribution in [1.29, 1.82) is 0 Å². The highest BCUT2D eigenvalue weighted by Crippen LogP contribution is 2.65. The Kier molecular flexibility index (Phi) is 3.11. The minimum absolute atomic E-state index is 0.552. The molecule has 0 aromatic heterocycles. The molecule has 0 aromatic carbocycles. The zero-order chi connectivity index (χ0) is 11.1. The van der Waals surface area contributed by atoms with E-state index in [0.717, 1.165) is 12.0 Å².